The molecule has 0 radical (unpaired) electrons. The Balaban J connectivity index is 1.68. The number of hydrogen-bond acceptors (Lipinski definition) is 5. The number of alkyl halides is 2. The van der Waals surface area contributed by atoms with Crippen molar-refractivity contribution >= 4 is 11.9 Å². The van der Waals surface area contributed by atoms with Gasteiger partial charge < -0.3 is 29.7 Å². The van der Waals surface area contributed by atoms with Gasteiger partial charge in [-0.25, -0.2) is 4.99 Å². The van der Waals surface area contributed by atoms with Crippen LogP contribution in [0.5, 0.6) is 17.2 Å². The zero-order valence-electron chi connectivity index (χ0n) is 15.7. The molecule has 2 N–H and O–H groups in total. The van der Waals surface area contributed by atoms with Gasteiger partial charge in [0.05, 0.1) is 13.1 Å². The first-order chi connectivity index (χ1) is 13.6. The standard InChI is InChI=1S/C18H24F2N4O4/c1-2-21-18(23-10-16(25)24-5-3-4-6-24)22-9-12-7-14-15(27-11-26-14)8-13(12)28-17(19)20/h7-8,17H,2-6,9-11H2,1H3,(H2,21,22,23). The summed E-state index contributed by atoms with van der Waals surface area (Å²) in [7, 11) is 0. The van der Waals surface area contributed by atoms with Gasteiger partial charge in [0, 0.05) is 31.3 Å². The number of rotatable bonds is 7. The van der Waals surface area contributed by atoms with Crippen LogP contribution in [0.2, 0.25) is 0 Å². The number of halogens is 2. The van der Waals surface area contributed by atoms with Crippen molar-refractivity contribution in [2.24, 2.45) is 4.99 Å². The van der Waals surface area contributed by atoms with Crippen LogP contribution < -0.4 is 24.8 Å². The van der Waals surface area contributed by atoms with E-state index in [1.54, 1.807) is 6.07 Å². The molecule has 2 heterocycles. The Morgan fingerprint density at radius 2 is 1.96 bits per heavy atom. The molecule has 0 bridgehead atoms. The summed E-state index contributed by atoms with van der Waals surface area (Å²) in [4.78, 5) is 18.4. The minimum atomic E-state index is -2.97. The highest BCUT2D eigenvalue weighted by Gasteiger charge is 2.20. The Morgan fingerprint density at radius 1 is 1.25 bits per heavy atom. The number of likely N-dealkylation sites (tertiary alicyclic amines) is 1. The second-order valence-electron chi connectivity index (χ2n) is 6.33. The minimum Gasteiger partial charge on any atom is -0.454 e. The molecule has 2 aliphatic rings. The maximum absolute atomic E-state index is 12.7. The van der Waals surface area contributed by atoms with Crippen molar-refractivity contribution in [3.63, 3.8) is 0 Å². The van der Waals surface area contributed by atoms with Crippen molar-refractivity contribution in [2.75, 3.05) is 33.0 Å². The molecule has 1 fully saturated rings. The molecule has 8 nitrogen and oxygen atoms in total. The summed E-state index contributed by atoms with van der Waals surface area (Å²) in [6.07, 6.45) is 2.05. The number of hydrogen-bond donors (Lipinski definition) is 2. The number of guanidine groups is 1. The Morgan fingerprint density at radius 3 is 2.64 bits per heavy atom. The van der Waals surface area contributed by atoms with Gasteiger partial charge in [0.25, 0.3) is 0 Å². The van der Waals surface area contributed by atoms with E-state index in [-0.39, 0.29) is 31.5 Å². The fourth-order valence-corrected chi connectivity index (χ4v) is 3.04. The largest absolute Gasteiger partial charge is 0.454 e. The highest BCUT2D eigenvalue weighted by atomic mass is 19.3. The zero-order valence-corrected chi connectivity index (χ0v) is 15.7. The molecule has 2 aliphatic heterocycles. The summed E-state index contributed by atoms with van der Waals surface area (Å²) in [6.45, 7) is 1.28. The lowest BCUT2D eigenvalue weighted by atomic mass is 10.1. The van der Waals surface area contributed by atoms with E-state index in [1.807, 2.05) is 11.8 Å². The first-order valence-corrected chi connectivity index (χ1v) is 9.24. The molecular formula is C18H24F2N4O4. The molecule has 0 spiro atoms. The van der Waals surface area contributed by atoms with Gasteiger partial charge in [-0.15, -0.1) is 0 Å². The van der Waals surface area contributed by atoms with E-state index in [9.17, 15) is 13.6 Å². The van der Waals surface area contributed by atoms with Crippen LogP contribution in [0.1, 0.15) is 25.3 Å². The lowest BCUT2D eigenvalue weighted by Gasteiger charge is -2.17. The zero-order chi connectivity index (χ0) is 19.9. The highest BCUT2D eigenvalue weighted by molar-refractivity contribution is 5.86. The normalized spacial score (nSPS) is 15.9. The SMILES string of the molecule is CCNC(=NCc1cc2c(cc1OC(F)F)OCO2)NCC(=O)N1CCCC1. The summed E-state index contributed by atoms with van der Waals surface area (Å²) in [5.41, 5.74) is 0.424. The number of carbonyl (C=O) groups excluding carboxylic acids is 1. The summed E-state index contributed by atoms with van der Waals surface area (Å²) in [5, 5.41) is 6.02. The number of fused-ring (bicyclic) bond motifs is 1. The van der Waals surface area contributed by atoms with Crippen LogP contribution in [-0.2, 0) is 11.3 Å². The third-order valence-corrected chi connectivity index (χ3v) is 4.39. The lowest BCUT2D eigenvalue weighted by Crippen LogP contribution is -2.44. The monoisotopic (exact) mass is 398 g/mol. The molecule has 1 amide bonds. The Kier molecular flexibility index (Phi) is 6.72. The van der Waals surface area contributed by atoms with E-state index in [0.29, 0.717) is 29.6 Å². The van der Waals surface area contributed by atoms with Crippen molar-refractivity contribution in [1.29, 1.82) is 0 Å². The van der Waals surface area contributed by atoms with Crippen LogP contribution in [0.3, 0.4) is 0 Å². The average molecular weight is 398 g/mol. The predicted octanol–water partition coefficient (Wildman–Crippen LogP) is 1.69. The summed E-state index contributed by atoms with van der Waals surface area (Å²) < 4.78 is 40.6. The Labute approximate surface area is 161 Å². The van der Waals surface area contributed by atoms with Crippen molar-refractivity contribution in [2.45, 2.75) is 32.9 Å². The van der Waals surface area contributed by atoms with Crippen LogP contribution in [0.25, 0.3) is 0 Å². The van der Waals surface area contributed by atoms with Crippen molar-refractivity contribution < 1.29 is 27.8 Å². The first kappa shape index (κ1) is 20.0. The summed E-state index contributed by atoms with van der Waals surface area (Å²) in [5.74, 6) is 1.20. The van der Waals surface area contributed by atoms with Crippen molar-refractivity contribution in [3.8, 4) is 17.2 Å². The number of aliphatic imine (C=N–C) groups is 1. The van der Waals surface area contributed by atoms with Crippen molar-refractivity contribution in [3.05, 3.63) is 17.7 Å². The molecule has 0 aromatic heterocycles. The molecule has 1 aromatic carbocycles. The van der Waals surface area contributed by atoms with E-state index in [4.69, 9.17) is 9.47 Å². The summed E-state index contributed by atoms with van der Waals surface area (Å²) in [6, 6.07) is 2.94. The van der Waals surface area contributed by atoms with Gasteiger partial charge in [-0.3, -0.25) is 4.79 Å². The molecule has 0 saturated carbocycles. The fourth-order valence-electron chi connectivity index (χ4n) is 3.04. The van der Waals surface area contributed by atoms with Gasteiger partial charge in [-0.05, 0) is 25.8 Å². The third-order valence-electron chi connectivity index (χ3n) is 4.39. The minimum absolute atomic E-state index is 0.00732. The van der Waals surface area contributed by atoms with Crippen LogP contribution >= 0.6 is 0 Å². The maximum atomic E-state index is 12.7. The van der Waals surface area contributed by atoms with Gasteiger partial charge in [-0.2, -0.15) is 8.78 Å². The number of carbonyl (C=O) groups is 1. The number of benzene rings is 1. The topological polar surface area (TPSA) is 84.4 Å². The highest BCUT2D eigenvalue weighted by Crippen LogP contribution is 2.39. The smallest absolute Gasteiger partial charge is 0.387 e. The second kappa shape index (κ2) is 9.43. The number of ether oxygens (including phenoxy) is 3. The van der Waals surface area contributed by atoms with Crippen molar-refractivity contribution in [1.82, 2.24) is 15.5 Å². The second-order valence-corrected chi connectivity index (χ2v) is 6.33. The average Bonchev–Trinajstić information content (AvgIpc) is 3.34. The van der Waals surface area contributed by atoms with Gasteiger partial charge in [0.2, 0.25) is 12.7 Å². The quantitative estimate of drug-likeness (QED) is 0.537. The first-order valence-electron chi connectivity index (χ1n) is 9.24. The van der Waals surface area contributed by atoms with Crippen LogP contribution in [0.4, 0.5) is 8.78 Å². The Hall–Kier alpha value is -2.78. The predicted molar refractivity (Wildman–Crippen MR) is 97.8 cm³/mol. The van der Waals surface area contributed by atoms with Gasteiger partial charge in [-0.1, -0.05) is 0 Å². The van der Waals surface area contributed by atoms with Crippen LogP contribution in [-0.4, -0.2) is 56.4 Å². The van der Waals surface area contributed by atoms with Gasteiger partial charge >= 0.3 is 6.61 Å². The van der Waals surface area contributed by atoms with Gasteiger partial charge in [0.1, 0.15) is 5.75 Å². The van der Waals surface area contributed by atoms with E-state index < -0.39 is 6.61 Å². The van der Waals surface area contributed by atoms with Gasteiger partial charge in [0.15, 0.2) is 17.5 Å². The molecule has 1 saturated heterocycles. The molecule has 154 valence electrons. The lowest BCUT2D eigenvalue weighted by molar-refractivity contribution is -0.128. The number of nitrogens with zero attached hydrogens (tertiary/aromatic N) is 2. The van der Waals surface area contributed by atoms with E-state index in [1.165, 1.54) is 6.07 Å². The van der Waals surface area contributed by atoms with Crippen LogP contribution in [0.15, 0.2) is 17.1 Å². The Bertz CT molecular complexity index is 724. The molecule has 3 rings (SSSR count). The molecule has 0 unspecified atom stereocenters. The molecule has 0 aliphatic carbocycles. The van der Waals surface area contributed by atoms with Crippen LogP contribution in [0, 0.1) is 0 Å². The summed E-state index contributed by atoms with van der Waals surface area (Å²) >= 11 is 0. The maximum Gasteiger partial charge on any atom is 0.387 e. The molecule has 1 aromatic rings. The molecular weight excluding hydrogens is 374 g/mol. The fraction of sp³-hybridized carbons (Fsp3) is 0.556. The molecule has 28 heavy (non-hydrogen) atoms. The third kappa shape index (κ3) is 5.14. The van der Waals surface area contributed by atoms with E-state index >= 15 is 0 Å². The number of nitrogens with one attached hydrogen (secondary N) is 2. The molecule has 10 heteroatoms. The van der Waals surface area contributed by atoms with E-state index in [2.05, 4.69) is 20.4 Å². The van der Waals surface area contributed by atoms with E-state index in [0.717, 1.165) is 25.9 Å². The number of amides is 1. The molecule has 0 atom stereocenters.